The van der Waals surface area contributed by atoms with Gasteiger partial charge in [-0.15, -0.1) is 0 Å². The van der Waals surface area contributed by atoms with Gasteiger partial charge in [0.05, 0.1) is 0 Å². The first-order valence-electron chi connectivity index (χ1n) is 6.86. The first-order chi connectivity index (χ1) is 9.60. The Bertz CT molecular complexity index is 564. The number of hydrogen-bond donors (Lipinski definition) is 1. The molecule has 20 heavy (non-hydrogen) atoms. The van der Waals surface area contributed by atoms with E-state index in [1.54, 1.807) is 0 Å². The summed E-state index contributed by atoms with van der Waals surface area (Å²) < 4.78 is 0. The van der Waals surface area contributed by atoms with Gasteiger partial charge in [-0.1, -0.05) is 54.4 Å². The quantitative estimate of drug-likeness (QED) is 0.779. The molecule has 0 aliphatic carbocycles. The van der Waals surface area contributed by atoms with Crippen molar-refractivity contribution < 1.29 is 0 Å². The van der Waals surface area contributed by atoms with Crippen LogP contribution in [0.5, 0.6) is 0 Å². The zero-order valence-corrected chi connectivity index (χ0v) is 13.3. The van der Waals surface area contributed by atoms with Crippen LogP contribution >= 0.6 is 23.2 Å². The Morgan fingerprint density at radius 2 is 1.65 bits per heavy atom. The molecule has 0 saturated carbocycles. The van der Waals surface area contributed by atoms with Crippen LogP contribution in [-0.4, -0.2) is 0 Å². The fraction of sp³-hybridized carbons (Fsp3) is 0.294. The van der Waals surface area contributed by atoms with Gasteiger partial charge in [-0.3, -0.25) is 0 Å². The summed E-state index contributed by atoms with van der Waals surface area (Å²) in [7, 11) is 0. The van der Waals surface area contributed by atoms with Crippen LogP contribution < -0.4 is 5.32 Å². The Kier molecular flexibility index (Phi) is 5.47. The van der Waals surface area contributed by atoms with E-state index in [0.717, 1.165) is 23.6 Å². The zero-order chi connectivity index (χ0) is 14.5. The summed E-state index contributed by atoms with van der Waals surface area (Å²) in [5.41, 5.74) is 3.66. The summed E-state index contributed by atoms with van der Waals surface area (Å²) in [5, 5.41) is 4.94. The maximum Gasteiger partial charge on any atom is 0.0454 e. The minimum Gasteiger partial charge on any atom is -0.306 e. The predicted molar refractivity (Wildman–Crippen MR) is 87.5 cm³/mol. The van der Waals surface area contributed by atoms with Gasteiger partial charge in [-0.25, -0.2) is 0 Å². The SMILES string of the molecule is CCc1ccc(CNC(C)c2cc(Cl)ccc2Cl)cc1. The van der Waals surface area contributed by atoms with Crippen molar-refractivity contribution in [2.45, 2.75) is 32.9 Å². The summed E-state index contributed by atoms with van der Waals surface area (Å²) in [6.07, 6.45) is 1.07. The number of nitrogens with one attached hydrogen (secondary N) is 1. The topological polar surface area (TPSA) is 12.0 Å². The molecule has 0 saturated heterocycles. The van der Waals surface area contributed by atoms with E-state index in [1.807, 2.05) is 18.2 Å². The third-order valence-corrected chi connectivity index (χ3v) is 4.05. The standard InChI is InChI=1S/C17H19Cl2N/c1-3-13-4-6-14(7-5-13)11-20-12(2)16-10-15(18)8-9-17(16)19/h4-10,12,20H,3,11H2,1-2H3. The van der Waals surface area contributed by atoms with Gasteiger partial charge in [0.15, 0.2) is 0 Å². The fourth-order valence-electron chi connectivity index (χ4n) is 2.12. The number of halogens is 2. The highest BCUT2D eigenvalue weighted by Gasteiger charge is 2.09. The van der Waals surface area contributed by atoms with Gasteiger partial charge in [0.1, 0.15) is 0 Å². The van der Waals surface area contributed by atoms with Crippen LogP contribution in [0.4, 0.5) is 0 Å². The molecule has 2 rings (SSSR count). The fourth-order valence-corrected chi connectivity index (χ4v) is 2.58. The Labute approximate surface area is 130 Å². The normalized spacial score (nSPS) is 12.4. The second-order valence-corrected chi connectivity index (χ2v) is 5.78. The van der Waals surface area contributed by atoms with E-state index in [2.05, 4.69) is 43.4 Å². The summed E-state index contributed by atoms with van der Waals surface area (Å²) in [4.78, 5) is 0. The van der Waals surface area contributed by atoms with E-state index in [4.69, 9.17) is 23.2 Å². The van der Waals surface area contributed by atoms with Gasteiger partial charge in [-0.2, -0.15) is 0 Å². The second kappa shape index (κ2) is 7.12. The van der Waals surface area contributed by atoms with E-state index in [0.29, 0.717) is 5.02 Å². The molecular formula is C17H19Cl2N. The molecule has 106 valence electrons. The molecule has 0 bridgehead atoms. The van der Waals surface area contributed by atoms with Crippen molar-refractivity contribution in [1.29, 1.82) is 0 Å². The van der Waals surface area contributed by atoms with Crippen molar-refractivity contribution in [3.8, 4) is 0 Å². The minimum absolute atomic E-state index is 0.159. The van der Waals surface area contributed by atoms with Gasteiger partial charge in [-0.05, 0) is 48.2 Å². The summed E-state index contributed by atoms with van der Waals surface area (Å²) in [5.74, 6) is 0. The highest BCUT2D eigenvalue weighted by Crippen LogP contribution is 2.26. The third kappa shape index (κ3) is 3.99. The molecule has 0 aromatic heterocycles. The van der Waals surface area contributed by atoms with Gasteiger partial charge < -0.3 is 5.32 Å². The van der Waals surface area contributed by atoms with Crippen molar-refractivity contribution in [3.05, 3.63) is 69.2 Å². The number of rotatable bonds is 5. The Hall–Kier alpha value is -1.02. The average Bonchev–Trinajstić information content (AvgIpc) is 2.47. The maximum atomic E-state index is 6.21. The Balaban J connectivity index is 2.00. The molecule has 3 heteroatoms. The third-order valence-electron chi connectivity index (χ3n) is 3.47. The summed E-state index contributed by atoms with van der Waals surface area (Å²) in [6.45, 7) is 5.07. The van der Waals surface area contributed by atoms with Crippen LogP contribution in [0, 0.1) is 0 Å². The van der Waals surface area contributed by atoms with E-state index < -0.39 is 0 Å². The minimum atomic E-state index is 0.159. The molecule has 0 fully saturated rings. The first kappa shape index (κ1) is 15.4. The van der Waals surface area contributed by atoms with Crippen LogP contribution in [0.15, 0.2) is 42.5 Å². The van der Waals surface area contributed by atoms with Crippen molar-refractivity contribution in [2.75, 3.05) is 0 Å². The van der Waals surface area contributed by atoms with E-state index in [-0.39, 0.29) is 6.04 Å². The summed E-state index contributed by atoms with van der Waals surface area (Å²) >= 11 is 12.2. The molecule has 1 atom stereocenters. The maximum absolute atomic E-state index is 6.21. The molecule has 1 N–H and O–H groups in total. The number of benzene rings is 2. The van der Waals surface area contributed by atoms with Crippen LogP contribution in [0.25, 0.3) is 0 Å². The molecule has 2 aromatic carbocycles. The summed E-state index contributed by atoms with van der Waals surface area (Å²) in [6, 6.07) is 14.4. The van der Waals surface area contributed by atoms with Gasteiger partial charge >= 0.3 is 0 Å². The lowest BCUT2D eigenvalue weighted by Gasteiger charge is -2.16. The monoisotopic (exact) mass is 307 g/mol. The molecule has 0 aliphatic rings. The van der Waals surface area contributed by atoms with Gasteiger partial charge in [0, 0.05) is 22.6 Å². The Morgan fingerprint density at radius 1 is 1.00 bits per heavy atom. The number of aryl methyl sites for hydroxylation is 1. The van der Waals surface area contributed by atoms with Crippen molar-refractivity contribution >= 4 is 23.2 Å². The molecule has 0 spiro atoms. The van der Waals surface area contributed by atoms with Gasteiger partial charge in [0.25, 0.3) is 0 Å². The van der Waals surface area contributed by atoms with Crippen molar-refractivity contribution in [2.24, 2.45) is 0 Å². The Morgan fingerprint density at radius 3 is 2.30 bits per heavy atom. The van der Waals surface area contributed by atoms with Crippen molar-refractivity contribution in [1.82, 2.24) is 5.32 Å². The zero-order valence-electron chi connectivity index (χ0n) is 11.8. The number of hydrogen-bond acceptors (Lipinski definition) is 1. The molecule has 0 heterocycles. The largest absolute Gasteiger partial charge is 0.306 e. The lowest BCUT2D eigenvalue weighted by atomic mass is 10.1. The van der Waals surface area contributed by atoms with Crippen LogP contribution in [-0.2, 0) is 13.0 Å². The molecular weight excluding hydrogens is 289 g/mol. The average molecular weight is 308 g/mol. The van der Waals surface area contributed by atoms with Gasteiger partial charge in [0.2, 0.25) is 0 Å². The van der Waals surface area contributed by atoms with E-state index in [9.17, 15) is 0 Å². The first-order valence-corrected chi connectivity index (χ1v) is 7.62. The van der Waals surface area contributed by atoms with E-state index >= 15 is 0 Å². The van der Waals surface area contributed by atoms with Crippen LogP contribution in [0.3, 0.4) is 0 Å². The van der Waals surface area contributed by atoms with E-state index in [1.165, 1.54) is 11.1 Å². The molecule has 0 aliphatic heterocycles. The second-order valence-electron chi connectivity index (χ2n) is 4.94. The lowest BCUT2D eigenvalue weighted by Crippen LogP contribution is -2.18. The highest BCUT2D eigenvalue weighted by molar-refractivity contribution is 6.33. The van der Waals surface area contributed by atoms with Crippen LogP contribution in [0.2, 0.25) is 10.0 Å². The van der Waals surface area contributed by atoms with Crippen LogP contribution in [0.1, 0.15) is 36.6 Å². The molecule has 0 radical (unpaired) electrons. The highest BCUT2D eigenvalue weighted by atomic mass is 35.5. The smallest absolute Gasteiger partial charge is 0.0454 e. The lowest BCUT2D eigenvalue weighted by molar-refractivity contribution is 0.575. The molecule has 0 amide bonds. The molecule has 2 aromatic rings. The molecule has 1 unspecified atom stereocenters. The molecule has 1 nitrogen and oxygen atoms in total. The predicted octanol–water partition coefficient (Wildman–Crippen LogP) is 5.41. The van der Waals surface area contributed by atoms with Crippen molar-refractivity contribution in [3.63, 3.8) is 0 Å².